The Morgan fingerprint density at radius 3 is 2.58 bits per heavy atom. The van der Waals surface area contributed by atoms with Crippen LogP contribution in [0.3, 0.4) is 0 Å². The van der Waals surface area contributed by atoms with E-state index in [9.17, 15) is 4.39 Å². The smallest absolute Gasteiger partial charge is 0.116 e. The number of likely N-dealkylation sites (N-methyl/N-ethyl adjacent to an activating group) is 1. The molecule has 0 aliphatic carbocycles. The maximum atomic E-state index is 12.6. The van der Waals surface area contributed by atoms with Gasteiger partial charge in [-0.2, -0.15) is 0 Å². The predicted octanol–water partition coefficient (Wildman–Crippen LogP) is 1.93. The van der Waals surface area contributed by atoms with E-state index in [4.69, 9.17) is 4.74 Å². The molecule has 0 radical (unpaired) electrons. The lowest BCUT2D eigenvalue weighted by atomic mass is 10.2. The summed E-state index contributed by atoms with van der Waals surface area (Å²) in [6.07, 6.45) is 1.59. The molecule has 0 amide bonds. The number of allylic oxidation sites excluding steroid dienone is 1. The second-order valence-electron chi connectivity index (χ2n) is 3.69. The molecule has 0 unspecified atom stereocenters. The first-order chi connectivity index (χ1) is 5.43. The maximum Gasteiger partial charge on any atom is 0.116 e. The molecule has 1 heterocycles. The minimum absolute atomic E-state index is 0.0741. The zero-order chi connectivity index (χ0) is 9.35. The molecule has 1 fully saturated rings. The monoisotopic (exact) mass is 173 g/mol. The Labute approximate surface area is 73.0 Å². The topological polar surface area (TPSA) is 12.5 Å². The molecule has 1 rings (SSSR count). The summed E-state index contributed by atoms with van der Waals surface area (Å²) >= 11 is 0. The lowest BCUT2D eigenvalue weighted by Crippen LogP contribution is -2.39. The van der Waals surface area contributed by atoms with Crippen LogP contribution in [-0.4, -0.2) is 30.3 Å². The van der Waals surface area contributed by atoms with Gasteiger partial charge in [0.25, 0.3) is 0 Å². The van der Waals surface area contributed by atoms with Gasteiger partial charge in [0.2, 0.25) is 0 Å². The van der Waals surface area contributed by atoms with Crippen molar-refractivity contribution in [1.29, 1.82) is 0 Å². The van der Waals surface area contributed by atoms with Crippen molar-refractivity contribution in [3.8, 4) is 0 Å². The van der Waals surface area contributed by atoms with Crippen molar-refractivity contribution in [2.45, 2.75) is 32.5 Å². The van der Waals surface area contributed by atoms with E-state index in [0.717, 1.165) is 0 Å². The van der Waals surface area contributed by atoms with Crippen molar-refractivity contribution in [2.75, 3.05) is 13.7 Å². The largest absolute Gasteiger partial charge is 0.359 e. The van der Waals surface area contributed by atoms with E-state index in [-0.39, 0.29) is 17.6 Å². The van der Waals surface area contributed by atoms with Gasteiger partial charge in [0.05, 0.1) is 18.5 Å². The van der Waals surface area contributed by atoms with Gasteiger partial charge in [0, 0.05) is 0 Å². The fourth-order valence-electron chi connectivity index (χ4n) is 1.33. The zero-order valence-electron chi connectivity index (χ0n) is 8.10. The minimum atomic E-state index is -0.267. The molecule has 0 saturated carbocycles. The van der Waals surface area contributed by atoms with Crippen LogP contribution in [0.2, 0.25) is 0 Å². The molecule has 70 valence electrons. The highest BCUT2D eigenvalue weighted by molar-refractivity contribution is 5.01. The SMILES string of the molecule is CC(F)=C[C@H]1COC(C)(C)N1C. The van der Waals surface area contributed by atoms with Crippen LogP contribution >= 0.6 is 0 Å². The van der Waals surface area contributed by atoms with Crippen molar-refractivity contribution >= 4 is 0 Å². The summed E-state index contributed by atoms with van der Waals surface area (Å²) in [4.78, 5) is 2.02. The number of rotatable bonds is 1. The van der Waals surface area contributed by atoms with Crippen LogP contribution in [0.5, 0.6) is 0 Å². The van der Waals surface area contributed by atoms with Crippen molar-refractivity contribution < 1.29 is 9.13 Å². The molecule has 0 N–H and O–H groups in total. The Balaban J connectivity index is 2.68. The third kappa shape index (κ3) is 1.84. The van der Waals surface area contributed by atoms with E-state index in [1.165, 1.54) is 6.92 Å². The van der Waals surface area contributed by atoms with Gasteiger partial charge in [-0.15, -0.1) is 0 Å². The molecule has 2 nitrogen and oxygen atoms in total. The Morgan fingerprint density at radius 1 is 1.67 bits per heavy atom. The van der Waals surface area contributed by atoms with E-state index >= 15 is 0 Å². The van der Waals surface area contributed by atoms with E-state index in [1.807, 2.05) is 25.8 Å². The first-order valence-electron chi connectivity index (χ1n) is 4.14. The molecule has 1 aliphatic rings. The molecular formula is C9H16FNO. The number of nitrogens with zero attached hydrogens (tertiary/aromatic N) is 1. The van der Waals surface area contributed by atoms with Crippen LogP contribution in [-0.2, 0) is 4.74 Å². The van der Waals surface area contributed by atoms with Gasteiger partial charge in [-0.05, 0) is 33.9 Å². The van der Waals surface area contributed by atoms with Gasteiger partial charge in [0.15, 0.2) is 0 Å². The normalized spacial score (nSPS) is 31.1. The summed E-state index contributed by atoms with van der Waals surface area (Å²) in [6.45, 7) is 5.99. The fraction of sp³-hybridized carbons (Fsp3) is 0.778. The average molecular weight is 173 g/mol. The molecule has 1 saturated heterocycles. The number of ether oxygens (including phenoxy) is 1. The summed E-state index contributed by atoms with van der Waals surface area (Å²) in [5.74, 6) is -0.145. The third-order valence-corrected chi connectivity index (χ3v) is 2.38. The highest BCUT2D eigenvalue weighted by Crippen LogP contribution is 2.26. The van der Waals surface area contributed by atoms with Crippen molar-refractivity contribution in [3.05, 3.63) is 11.9 Å². The van der Waals surface area contributed by atoms with Crippen molar-refractivity contribution in [1.82, 2.24) is 4.90 Å². The summed E-state index contributed by atoms with van der Waals surface area (Å²) in [6, 6.07) is 0.0741. The Bertz CT molecular complexity index is 197. The third-order valence-electron chi connectivity index (χ3n) is 2.38. The number of hydrogen-bond donors (Lipinski definition) is 0. The first-order valence-corrected chi connectivity index (χ1v) is 4.14. The van der Waals surface area contributed by atoms with E-state index in [0.29, 0.717) is 6.61 Å². The molecule has 0 bridgehead atoms. The van der Waals surface area contributed by atoms with Gasteiger partial charge < -0.3 is 4.74 Å². The number of halogens is 1. The van der Waals surface area contributed by atoms with Gasteiger partial charge in [0.1, 0.15) is 5.72 Å². The summed E-state index contributed by atoms with van der Waals surface area (Å²) in [5.41, 5.74) is -0.267. The molecule has 0 aromatic rings. The van der Waals surface area contributed by atoms with Crippen LogP contribution in [0, 0.1) is 0 Å². The van der Waals surface area contributed by atoms with Gasteiger partial charge in [-0.1, -0.05) is 0 Å². The maximum absolute atomic E-state index is 12.6. The molecule has 0 aromatic heterocycles. The molecular weight excluding hydrogens is 157 g/mol. The van der Waals surface area contributed by atoms with Gasteiger partial charge >= 0.3 is 0 Å². The Morgan fingerprint density at radius 2 is 2.25 bits per heavy atom. The lowest BCUT2D eigenvalue weighted by molar-refractivity contribution is -0.0402. The van der Waals surface area contributed by atoms with E-state index < -0.39 is 0 Å². The molecule has 0 spiro atoms. The second kappa shape index (κ2) is 3.15. The standard InChI is InChI=1S/C9H16FNO/c1-7(10)5-8-6-12-9(2,3)11(8)4/h5,8H,6H2,1-4H3/t8-/m0/s1. The summed E-state index contributed by atoms with van der Waals surface area (Å²) in [7, 11) is 1.94. The van der Waals surface area contributed by atoms with Crippen molar-refractivity contribution in [3.63, 3.8) is 0 Å². The van der Waals surface area contributed by atoms with Gasteiger partial charge in [-0.25, -0.2) is 4.39 Å². The molecule has 1 atom stereocenters. The van der Waals surface area contributed by atoms with Gasteiger partial charge in [-0.3, -0.25) is 4.90 Å². The lowest BCUT2D eigenvalue weighted by Gasteiger charge is -2.28. The molecule has 0 aromatic carbocycles. The predicted molar refractivity (Wildman–Crippen MR) is 46.4 cm³/mol. The zero-order valence-corrected chi connectivity index (χ0v) is 8.10. The van der Waals surface area contributed by atoms with Crippen LogP contribution in [0.1, 0.15) is 20.8 Å². The minimum Gasteiger partial charge on any atom is -0.359 e. The van der Waals surface area contributed by atoms with Crippen LogP contribution in [0.25, 0.3) is 0 Å². The number of hydrogen-bond acceptors (Lipinski definition) is 2. The molecule has 3 heteroatoms. The summed E-state index contributed by atoms with van der Waals surface area (Å²) in [5, 5.41) is 0. The van der Waals surface area contributed by atoms with Crippen LogP contribution < -0.4 is 0 Å². The van der Waals surface area contributed by atoms with Crippen LogP contribution in [0.15, 0.2) is 11.9 Å². The molecule has 12 heavy (non-hydrogen) atoms. The average Bonchev–Trinajstić information content (AvgIpc) is 2.15. The Hall–Kier alpha value is -0.410. The van der Waals surface area contributed by atoms with E-state index in [2.05, 4.69) is 0 Å². The quantitative estimate of drug-likeness (QED) is 0.600. The highest BCUT2D eigenvalue weighted by atomic mass is 19.1. The van der Waals surface area contributed by atoms with Crippen molar-refractivity contribution in [2.24, 2.45) is 0 Å². The van der Waals surface area contributed by atoms with E-state index in [1.54, 1.807) is 6.08 Å². The fourth-order valence-corrected chi connectivity index (χ4v) is 1.33. The molecule has 1 aliphatic heterocycles. The highest BCUT2D eigenvalue weighted by Gasteiger charge is 2.36. The summed E-state index contributed by atoms with van der Waals surface area (Å²) < 4.78 is 18.0. The Kier molecular flexibility index (Phi) is 2.54. The first kappa shape index (κ1) is 9.68. The van der Waals surface area contributed by atoms with Crippen LogP contribution in [0.4, 0.5) is 4.39 Å². The second-order valence-corrected chi connectivity index (χ2v) is 3.69.